The fourth-order valence-electron chi connectivity index (χ4n) is 1.73. The normalized spacial score (nSPS) is 10.8. The van der Waals surface area contributed by atoms with Crippen molar-refractivity contribution in [2.24, 2.45) is 0 Å². The predicted molar refractivity (Wildman–Crippen MR) is 80.3 cm³/mol. The van der Waals surface area contributed by atoms with Gasteiger partial charge in [0, 0.05) is 17.2 Å². The summed E-state index contributed by atoms with van der Waals surface area (Å²) in [5, 5.41) is 3.85. The van der Waals surface area contributed by atoms with E-state index in [-0.39, 0.29) is 5.92 Å². The highest BCUT2D eigenvalue weighted by Crippen LogP contribution is 2.26. The van der Waals surface area contributed by atoms with Gasteiger partial charge in [-0.05, 0) is 25.5 Å². The van der Waals surface area contributed by atoms with Crippen LogP contribution in [-0.2, 0) is 0 Å². The van der Waals surface area contributed by atoms with E-state index in [0.717, 1.165) is 22.9 Å². The maximum atomic E-state index is 6.18. The van der Waals surface area contributed by atoms with Gasteiger partial charge in [0.15, 0.2) is 0 Å². The second-order valence-corrected chi connectivity index (χ2v) is 5.30. The summed E-state index contributed by atoms with van der Waals surface area (Å²) in [6.45, 7) is 8.09. The molecule has 1 heterocycles. The summed E-state index contributed by atoms with van der Waals surface area (Å²) in [5.41, 5.74) is 3.08. The summed E-state index contributed by atoms with van der Waals surface area (Å²) in [4.78, 5) is 8.87. The van der Waals surface area contributed by atoms with Crippen molar-refractivity contribution in [1.82, 2.24) is 9.97 Å². The molecule has 100 valence electrons. The van der Waals surface area contributed by atoms with Crippen molar-refractivity contribution in [3.8, 4) is 0 Å². The molecule has 0 aliphatic carbocycles. The Morgan fingerprint density at radius 1 is 1.11 bits per heavy atom. The third kappa shape index (κ3) is 3.04. The zero-order chi connectivity index (χ0) is 14.0. The molecule has 0 unspecified atom stereocenters. The number of nitrogens with one attached hydrogen (secondary N) is 1. The Kier molecular flexibility index (Phi) is 4.05. The first kappa shape index (κ1) is 13.8. The molecule has 0 bridgehead atoms. The largest absolute Gasteiger partial charge is 0.340 e. The first-order valence-electron chi connectivity index (χ1n) is 6.35. The van der Waals surface area contributed by atoms with Gasteiger partial charge in [-0.3, -0.25) is 0 Å². The van der Waals surface area contributed by atoms with Crippen molar-refractivity contribution in [3.05, 3.63) is 46.4 Å². The van der Waals surface area contributed by atoms with Crippen LogP contribution in [0.15, 0.2) is 24.3 Å². The van der Waals surface area contributed by atoms with Crippen molar-refractivity contribution in [3.63, 3.8) is 0 Å². The molecule has 1 aromatic carbocycles. The summed E-state index contributed by atoms with van der Waals surface area (Å²) < 4.78 is 0. The van der Waals surface area contributed by atoms with Crippen LogP contribution in [-0.4, -0.2) is 9.97 Å². The number of aryl methyl sites for hydroxylation is 1. The van der Waals surface area contributed by atoms with E-state index in [1.165, 1.54) is 5.56 Å². The monoisotopic (exact) mass is 275 g/mol. The first-order chi connectivity index (χ1) is 8.99. The van der Waals surface area contributed by atoms with Crippen LogP contribution in [0.3, 0.4) is 0 Å². The zero-order valence-electron chi connectivity index (χ0n) is 11.7. The van der Waals surface area contributed by atoms with E-state index in [0.29, 0.717) is 5.15 Å². The van der Waals surface area contributed by atoms with Crippen LogP contribution in [0.4, 0.5) is 11.5 Å². The Balaban J connectivity index is 2.42. The lowest BCUT2D eigenvalue weighted by Crippen LogP contribution is -2.05. The van der Waals surface area contributed by atoms with Gasteiger partial charge in [0.25, 0.3) is 0 Å². The van der Waals surface area contributed by atoms with Gasteiger partial charge in [0.2, 0.25) is 0 Å². The Hall–Kier alpha value is -1.61. The molecule has 3 nitrogen and oxygen atoms in total. The highest BCUT2D eigenvalue weighted by atomic mass is 35.5. The van der Waals surface area contributed by atoms with E-state index in [1.54, 1.807) is 0 Å². The molecule has 0 saturated carbocycles. The first-order valence-corrected chi connectivity index (χ1v) is 6.73. The smallest absolute Gasteiger partial charge is 0.138 e. The van der Waals surface area contributed by atoms with Crippen LogP contribution in [0.1, 0.15) is 36.7 Å². The third-order valence-corrected chi connectivity index (χ3v) is 3.39. The molecule has 2 rings (SSSR count). The molecule has 0 radical (unpaired) electrons. The zero-order valence-corrected chi connectivity index (χ0v) is 12.4. The fourth-order valence-corrected chi connectivity index (χ4v) is 1.90. The van der Waals surface area contributed by atoms with E-state index in [9.17, 15) is 0 Å². The Morgan fingerprint density at radius 3 is 2.42 bits per heavy atom. The average Bonchev–Trinajstić information content (AvgIpc) is 2.37. The van der Waals surface area contributed by atoms with E-state index < -0.39 is 0 Å². The minimum Gasteiger partial charge on any atom is -0.340 e. The summed E-state index contributed by atoms with van der Waals surface area (Å²) >= 11 is 6.18. The van der Waals surface area contributed by atoms with Gasteiger partial charge < -0.3 is 5.32 Å². The standard InChI is InChI=1S/C15H18ClN3/c1-9(2)14-18-13(16)11(4)15(19-14)17-12-8-6-5-7-10(12)3/h5-9H,1-4H3,(H,17,18,19). The highest BCUT2D eigenvalue weighted by molar-refractivity contribution is 6.30. The molecule has 19 heavy (non-hydrogen) atoms. The van der Waals surface area contributed by atoms with Gasteiger partial charge in [-0.1, -0.05) is 43.6 Å². The lowest BCUT2D eigenvalue weighted by molar-refractivity contribution is 0.773. The number of aromatic nitrogens is 2. The number of hydrogen-bond donors (Lipinski definition) is 1. The quantitative estimate of drug-likeness (QED) is 0.831. The van der Waals surface area contributed by atoms with Crippen molar-refractivity contribution in [1.29, 1.82) is 0 Å². The molecule has 0 aliphatic heterocycles. The average molecular weight is 276 g/mol. The van der Waals surface area contributed by atoms with Crippen molar-refractivity contribution in [2.45, 2.75) is 33.6 Å². The number of benzene rings is 1. The lowest BCUT2D eigenvalue weighted by atomic mass is 10.2. The minimum atomic E-state index is 0.246. The lowest BCUT2D eigenvalue weighted by Gasteiger charge is -2.14. The van der Waals surface area contributed by atoms with Crippen molar-refractivity contribution in [2.75, 3.05) is 5.32 Å². The number of anilines is 2. The molecule has 1 aromatic heterocycles. The van der Waals surface area contributed by atoms with Crippen LogP contribution in [0.25, 0.3) is 0 Å². The number of rotatable bonds is 3. The summed E-state index contributed by atoms with van der Waals surface area (Å²) in [6.07, 6.45) is 0. The molecule has 0 fully saturated rings. The van der Waals surface area contributed by atoms with Crippen LogP contribution >= 0.6 is 11.6 Å². The van der Waals surface area contributed by atoms with Crippen LogP contribution < -0.4 is 5.32 Å². The molecular weight excluding hydrogens is 258 g/mol. The topological polar surface area (TPSA) is 37.8 Å². The summed E-state index contributed by atoms with van der Waals surface area (Å²) in [6, 6.07) is 8.10. The Morgan fingerprint density at radius 2 is 1.79 bits per heavy atom. The molecule has 0 amide bonds. The molecule has 4 heteroatoms. The molecule has 0 saturated heterocycles. The maximum absolute atomic E-state index is 6.18. The van der Waals surface area contributed by atoms with E-state index in [2.05, 4.69) is 42.1 Å². The van der Waals surface area contributed by atoms with Crippen LogP contribution in [0, 0.1) is 13.8 Å². The van der Waals surface area contributed by atoms with Crippen molar-refractivity contribution >= 4 is 23.1 Å². The molecule has 0 atom stereocenters. The SMILES string of the molecule is Cc1ccccc1Nc1nc(C(C)C)nc(Cl)c1C. The maximum Gasteiger partial charge on any atom is 0.138 e. The number of halogens is 1. The van der Waals surface area contributed by atoms with Gasteiger partial charge in [-0.25, -0.2) is 9.97 Å². The van der Waals surface area contributed by atoms with Gasteiger partial charge >= 0.3 is 0 Å². The van der Waals surface area contributed by atoms with Gasteiger partial charge in [-0.15, -0.1) is 0 Å². The second-order valence-electron chi connectivity index (χ2n) is 4.94. The third-order valence-electron chi connectivity index (χ3n) is 3.02. The summed E-state index contributed by atoms with van der Waals surface area (Å²) in [7, 11) is 0. The second kappa shape index (κ2) is 5.57. The molecular formula is C15H18ClN3. The minimum absolute atomic E-state index is 0.246. The Labute approximate surface area is 119 Å². The molecule has 0 spiro atoms. The van der Waals surface area contributed by atoms with Crippen LogP contribution in [0.2, 0.25) is 5.15 Å². The van der Waals surface area contributed by atoms with Crippen LogP contribution in [0.5, 0.6) is 0 Å². The van der Waals surface area contributed by atoms with Gasteiger partial charge in [-0.2, -0.15) is 0 Å². The van der Waals surface area contributed by atoms with Gasteiger partial charge in [0.05, 0.1) is 0 Å². The summed E-state index contributed by atoms with van der Waals surface area (Å²) in [5.74, 6) is 1.78. The molecule has 0 aliphatic rings. The number of nitrogens with zero attached hydrogens (tertiary/aromatic N) is 2. The van der Waals surface area contributed by atoms with E-state index in [4.69, 9.17) is 11.6 Å². The number of hydrogen-bond acceptors (Lipinski definition) is 3. The van der Waals surface area contributed by atoms with Gasteiger partial charge in [0.1, 0.15) is 16.8 Å². The van der Waals surface area contributed by atoms with E-state index in [1.807, 2.05) is 25.1 Å². The van der Waals surface area contributed by atoms with Crippen molar-refractivity contribution < 1.29 is 0 Å². The van der Waals surface area contributed by atoms with E-state index >= 15 is 0 Å². The molecule has 2 aromatic rings. The fraction of sp³-hybridized carbons (Fsp3) is 0.333. The Bertz CT molecular complexity index is 594. The highest BCUT2D eigenvalue weighted by Gasteiger charge is 2.12. The predicted octanol–water partition coefficient (Wildman–Crippen LogP) is 4.61. The number of para-hydroxylation sites is 1. The molecule has 1 N–H and O–H groups in total.